The van der Waals surface area contributed by atoms with E-state index in [9.17, 15) is 41.5 Å². The molecule has 10 nitrogen and oxygen atoms in total. The van der Waals surface area contributed by atoms with E-state index in [1.807, 2.05) is 0 Å². The minimum atomic E-state index is -3.21. The quantitative estimate of drug-likeness (QED) is 0.283. The van der Waals surface area contributed by atoms with E-state index in [1.165, 1.54) is 24.0 Å². The largest absolute Gasteiger partial charge is 0.340 e. The molecule has 1 saturated carbocycles. The lowest BCUT2D eigenvalue weighted by atomic mass is 9.70. The fourth-order valence-electron chi connectivity index (χ4n) is 6.92. The van der Waals surface area contributed by atoms with E-state index in [4.69, 9.17) is 11.6 Å². The molecule has 4 aliphatic rings. The number of benzene rings is 1. The molecule has 6 rings (SSSR count). The lowest BCUT2D eigenvalue weighted by Crippen LogP contribution is -2.76. The highest BCUT2D eigenvalue weighted by molar-refractivity contribution is 8.25. The molecular formula is C27H28ClF3N4O6S. The fourth-order valence-corrected chi connectivity index (χ4v) is 9.34. The van der Waals surface area contributed by atoms with Crippen LogP contribution in [0.4, 0.5) is 18.9 Å². The Morgan fingerprint density at radius 2 is 1.76 bits per heavy atom. The maximum atomic E-state index is 14.1. The SMILES string of the molecule is Cc1c(C(=O)C(=O)NC2(C(=O)N3CC4(C3)CS(O)(O)C4)CC(F)(F)C2)c2n(c1C(=O)Nc1ccc(F)c(Cl)c1)CCC2. The number of alkyl halides is 2. The van der Waals surface area contributed by atoms with Crippen molar-refractivity contribution >= 4 is 51.4 Å². The molecule has 1 aromatic heterocycles. The molecule has 0 bridgehead atoms. The Labute approximate surface area is 244 Å². The van der Waals surface area contributed by atoms with Crippen LogP contribution in [-0.2, 0) is 22.6 Å². The molecule has 1 aromatic carbocycles. The molecule has 1 spiro atoms. The van der Waals surface area contributed by atoms with Gasteiger partial charge in [-0.25, -0.2) is 13.2 Å². The summed E-state index contributed by atoms with van der Waals surface area (Å²) in [5.41, 5.74) is -1.45. The van der Waals surface area contributed by atoms with E-state index in [0.717, 1.165) is 6.07 Å². The average molecular weight is 629 g/mol. The molecule has 3 fully saturated rings. The van der Waals surface area contributed by atoms with Gasteiger partial charge in [-0.1, -0.05) is 11.6 Å². The van der Waals surface area contributed by atoms with E-state index >= 15 is 0 Å². The summed E-state index contributed by atoms with van der Waals surface area (Å²) in [6.45, 7) is 2.21. The van der Waals surface area contributed by atoms with Gasteiger partial charge in [-0.3, -0.25) is 28.3 Å². The molecule has 1 aliphatic carbocycles. The zero-order valence-electron chi connectivity index (χ0n) is 22.4. The minimum Gasteiger partial charge on any atom is -0.340 e. The molecular weight excluding hydrogens is 601 g/mol. The van der Waals surface area contributed by atoms with Gasteiger partial charge >= 0.3 is 0 Å². The van der Waals surface area contributed by atoms with Crippen molar-refractivity contribution in [1.29, 1.82) is 0 Å². The van der Waals surface area contributed by atoms with Gasteiger partial charge in [0.1, 0.15) is 17.1 Å². The van der Waals surface area contributed by atoms with E-state index in [0.29, 0.717) is 25.1 Å². The maximum Gasteiger partial charge on any atom is 0.293 e. The first kappa shape index (κ1) is 29.0. The summed E-state index contributed by atoms with van der Waals surface area (Å²) in [6, 6.07) is 3.65. The lowest BCUT2D eigenvalue weighted by Gasteiger charge is -2.65. The van der Waals surface area contributed by atoms with Crippen molar-refractivity contribution in [1.82, 2.24) is 14.8 Å². The molecule has 4 N–H and O–H groups in total. The predicted molar refractivity (Wildman–Crippen MR) is 148 cm³/mol. The smallest absolute Gasteiger partial charge is 0.293 e. The number of carbonyl (C=O) groups excluding carboxylic acids is 4. The number of aromatic nitrogens is 1. The number of likely N-dealkylation sites (tertiary alicyclic amines) is 1. The number of halogens is 4. The highest BCUT2D eigenvalue weighted by Crippen LogP contribution is 2.62. The van der Waals surface area contributed by atoms with Crippen molar-refractivity contribution in [3.05, 3.63) is 51.6 Å². The van der Waals surface area contributed by atoms with Crippen LogP contribution >= 0.6 is 22.2 Å². The normalized spacial score (nSPS) is 22.7. The fraction of sp³-hybridized carbons (Fsp3) is 0.481. The van der Waals surface area contributed by atoms with Crippen molar-refractivity contribution in [2.75, 3.05) is 29.9 Å². The Kier molecular flexibility index (Phi) is 6.54. The molecule has 226 valence electrons. The van der Waals surface area contributed by atoms with Crippen LogP contribution in [0.5, 0.6) is 0 Å². The summed E-state index contributed by atoms with van der Waals surface area (Å²) in [6.07, 6.45) is -0.938. The Morgan fingerprint density at radius 3 is 2.36 bits per heavy atom. The number of carbonyl (C=O) groups is 4. The number of anilines is 1. The second kappa shape index (κ2) is 9.46. The molecule has 0 atom stereocenters. The Hall–Kier alpha value is -3.07. The monoisotopic (exact) mass is 628 g/mol. The third-order valence-corrected chi connectivity index (χ3v) is 11.0. The van der Waals surface area contributed by atoms with Crippen molar-refractivity contribution in [3.8, 4) is 0 Å². The summed E-state index contributed by atoms with van der Waals surface area (Å²) in [7, 11) is -2.66. The van der Waals surface area contributed by atoms with Gasteiger partial charge in [0.15, 0.2) is 0 Å². The van der Waals surface area contributed by atoms with Gasteiger partial charge in [-0.2, -0.15) is 10.6 Å². The number of rotatable bonds is 6. The van der Waals surface area contributed by atoms with Gasteiger partial charge in [-0.15, -0.1) is 0 Å². The van der Waals surface area contributed by atoms with Gasteiger partial charge < -0.3 is 20.1 Å². The molecule has 2 saturated heterocycles. The number of nitrogens with zero attached hydrogens (tertiary/aromatic N) is 2. The van der Waals surface area contributed by atoms with Crippen LogP contribution in [0.2, 0.25) is 5.02 Å². The van der Waals surface area contributed by atoms with Crippen molar-refractivity contribution in [2.24, 2.45) is 5.41 Å². The number of nitrogens with one attached hydrogen (secondary N) is 2. The summed E-state index contributed by atoms with van der Waals surface area (Å²) in [4.78, 5) is 54.6. The zero-order valence-corrected chi connectivity index (χ0v) is 24.0. The summed E-state index contributed by atoms with van der Waals surface area (Å²) in [5, 5.41) is 4.73. The Bertz CT molecular complexity index is 1550. The lowest BCUT2D eigenvalue weighted by molar-refractivity contribution is -0.181. The number of hydrogen-bond donors (Lipinski definition) is 4. The van der Waals surface area contributed by atoms with E-state index in [2.05, 4.69) is 10.6 Å². The van der Waals surface area contributed by atoms with Gasteiger partial charge in [0.25, 0.3) is 23.5 Å². The third kappa shape index (κ3) is 4.68. The number of hydrogen-bond acceptors (Lipinski definition) is 6. The van der Waals surface area contributed by atoms with Gasteiger partial charge in [0, 0.05) is 60.8 Å². The van der Waals surface area contributed by atoms with Crippen molar-refractivity contribution < 1.29 is 41.5 Å². The van der Waals surface area contributed by atoms with Gasteiger partial charge in [0.2, 0.25) is 5.91 Å². The molecule has 42 heavy (non-hydrogen) atoms. The van der Waals surface area contributed by atoms with Crippen LogP contribution in [0.25, 0.3) is 0 Å². The minimum absolute atomic E-state index is 0.0245. The summed E-state index contributed by atoms with van der Waals surface area (Å²) >= 11 is 5.81. The first-order valence-electron chi connectivity index (χ1n) is 13.3. The van der Waals surface area contributed by atoms with E-state index in [1.54, 1.807) is 4.57 Å². The zero-order chi connectivity index (χ0) is 30.4. The maximum absolute atomic E-state index is 14.1. The molecule has 3 amide bonds. The highest BCUT2D eigenvalue weighted by Gasteiger charge is 2.66. The average Bonchev–Trinajstić information content (AvgIpc) is 3.40. The number of fused-ring (bicyclic) bond motifs is 1. The van der Waals surface area contributed by atoms with Crippen molar-refractivity contribution in [3.63, 3.8) is 0 Å². The van der Waals surface area contributed by atoms with Crippen LogP contribution < -0.4 is 10.6 Å². The standard InChI is InChI=1S/C27H28ClF3N4O6S/c1-14-19(18-3-2-6-35(18)20(14)22(37)32-15-4-5-17(29)16(28)7-15)21(36)23(38)33-26(8-27(30,31)9-26)24(39)34-10-25(11-34)12-42(40,41)13-25/h4-5,7,40-41H,2-3,6,8-13H2,1H3,(H,32,37)(H,33,38). The Balaban J connectivity index is 1.21. The second-order valence-electron chi connectivity index (χ2n) is 12.0. The first-order valence-corrected chi connectivity index (χ1v) is 15.6. The first-order chi connectivity index (χ1) is 19.5. The summed E-state index contributed by atoms with van der Waals surface area (Å²) < 4.78 is 62.8. The molecule has 0 radical (unpaired) electrons. The highest BCUT2D eigenvalue weighted by atomic mass is 35.5. The van der Waals surface area contributed by atoms with E-state index in [-0.39, 0.29) is 52.1 Å². The molecule has 3 aliphatic heterocycles. The second-order valence-corrected chi connectivity index (χ2v) is 14.5. The summed E-state index contributed by atoms with van der Waals surface area (Å²) in [5.74, 6) is -7.21. The van der Waals surface area contributed by atoms with Crippen molar-refractivity contribution in [2.45, 2.75) is 50.6 Å². The predicted octanol–water partition coefficient (Wildman–Crippen LogP) is 3.85. The third-order valence-electron chi connectivity index (χ3n) is 8.53. The van der Waals surface area contributed by atoms with Crippen LogP contribution in [0.15, 0.2) is 18.2 Å². The van der Waals surface area contributed by atoms with Crippen LogP contribution in [0.1, 0.15) is 51.4 Å². The van der Waals surface area contributed by atoms with Gasteiger partial charge in [-0.05, 0) is 43.5 Å². The number of ketones is 1. The van der Waals surface area contributed by atoms with Crippen LogP contribution in [0.3, 0.4) is 0 Å². The number of amides is 3. The topological polar surface area (TPSA) is 141 Å². The molecule has 0 unspecified atom stereocenters. The molecule has 15 heteroatoms. The van der Waals surface area contributed by atoms with Gasteiger partial charge in [0.05, 0.1) is 10.6 Å². The van der Waals surface area contributed by atoms with E-state index < -0.39 is 69.6 Å². The van der Waals surface area contributed by atoms with Crippen LogP contribution in [0, 0.1) is 18.2 Å². The Morgan fingerprint density at radius 1 is 1.10 bits per heavy atom. The number of Topliss-reactive ketones (excluding diaryl/α,β-unsaturated/α-hetero) is 1. The molecule has 4 heterocycles. The van der Waals surface area contributed by atoms with Crippen LogP contribution in [-0.4, -0.2) is 78.1 Å². The molecule has 2 aromatic rings.